The Labute approximate surface area is 82.9 Å². The first-order chi connectivity index (χ1) is 6.76. The number of ketones is 1. The molecule has 0 N–H and O–H groups in total. The van der Waals surface area contributed by atoms with Crippen LogP contribution in [0.3, 0.4) is 0 Å². The molecule has 1 rings (SSSR count). The van der Waals surface area contributed by atoms with Crippen molar-refractivity contribution in [2.75, 3.05) is 0 Å². The molecule has 0 atom stereocenters. The van der Waals surface area contributed by atoms with Crippen molar-refractivity contribution in [3.05, 3.63) is 18.2 Å². The van der Waals surface area contributed by atoms with Gasteiger partial charge in [-0.25, -0.2) is 4.98 Å². The van der Waals surface area contributed by atoms with E-state index in [1.807, 2.05) is 10.8 Å². The summed E-state index contributed by atoms with van der Waals surface area (Å²) in [5.41, 5.74) is 0.869. The molecule has 76 valence electrons. The average Bonchev–Trinajstić information content (AvgIpc) is 2.63. The molecular formula is C10H14N2O2. The second-order valence-electron chi connectivity index (χ2n) is 3.19. The lowest BCUT2D eigenvalue weighted by atomic mass is 10.2. The van der Waals surface area contributed by atoms with Crippen molar-refractivity contribution in [3.63, 3.8) is 0 Å². The number of nitrogens with zero attached hydrogens (tertiary/aromatic N) is 2. The first kappa shape index (κ1) is 10.6. The van der Waals surface area contributed by atoms with Crippen molar-refractivity contribution in [1.82, 2.24) is 9.55 Å². The third-order valence-electron chi connectivity index (χ3n) is 1.93. The summed E-state index contributed by atoms with van der Waals surface area (Å²) in [6.07, 6.45) is 5.90. The van der Waals surface area contributed by atoms with Crippen molar-refractivity contribution < 1.29 is 9.59 Å². The highest BCUT2D eigenvalue weighted by Gasteiger charge is 2.02. The summed E-state index contributed by atoms with van der Waals surface area (Å²) in [5.74, 6) is -0.366. The van der Waals surface area contributed by atoms with Gasteiger partial charge >= 0.3 is 0 Å². The Morgan fingerprint density at radius 1 is 1.64 bits per heavy atom. The summed E-state index contributed by atoms with van der Waals surface area (Å²) >= 11 is 0. The number of carbonyl (C=O) groups excluding carboxylic acids is 2. The van der Waals surface area contributed by atoms with E-state index in [-0.39, 0.29) is 12.2 Å². The van der Waals surface area contributed by atoms with Gasteiger partial charge in [0.1, 0.15) is 0 Å². The number of rotatable bonds is 6. The monoisotopic (exact) mass is 194 g/mol. The van der Waals surface area contributed by atoms with Gasteiger partial charge in [0.05, 0.1) is 12.0 Å². The lowest BCUT2D eigenvalue weighted by Gasteiger charge is -1.95. The molecule has 0 spiro atoms. The Bertz CT molecular complexity index is 318. The van der Waals surface area contributed by atoms with Gasteiger partial charge in [0.25, 0.3) is 0 Å². The second-order valence-corrected chi connectivity index (χ2v) is 3.19. The molecular weight excluding hydrogens is 180 g/mol. The zero-order valence-corrected chi connectivity index (χ0v) is 8.27. The summed E-state index contributed by atoms with van der Waals surface area (Å²) in [6.45, 7) is 3.03. The topological polar surface area (TPSA) is 52.0 Å². The summed E-state index contributed by atoms with van der Waals surface area (Å²) in [5, 5.41) is 0. The van der Waals surface area contributed by atoms with Crippen molar-refractivity contribution in [2.45, 2.75) is 32.7 Å². The summed E-state index contributed by atoms with van der Waals surface area (Å²) < 4.78 is 1.99. The van der Waals surface area contributed by atoms with Crippen LogP contribution in [-0.4, -0.2) is 21.6 Å². The van der Waals surface area contributed by atoms with Gasteiger partial charge in [0, 0.05) is 19.2 Å². The highest BCUT2D eigenvalue weighted by atomic mass is 16.2. The van der Waals surface area contributed by atoms with Crippen LogP contribution in [0, 0.1) is 0 Å². The lowest BCUT2D eigenvalue weighted by Crippen LogP contribution is -2.00. The number of aldehydes is 1. The van der Waals surface area contributed by atoms with Crippen molar-refractivity contribution in [2.24, 2.45) is 0 Å². The second kappa shape index (κ2) is 5.32. The number of hydrogen-bond donors (Lipinski definition) is 0. The van der Waals surface area contributed by atoms with Crippen LogP contribution in [0.2, 0.25) is 0 Å². The standard InChI is InChI=1S/C10H14N2O2/c1-2-5-12-6-9(11-8-12)3-4-10(14)7-13/h6-8H,2-5H2,1H3. The molecule has 0 aliphatic rings. The van der Waals surface area contributed by atoms with E-state index in [9.17, 15) is 9.59 Å². The zero-order valence-electron chi connectivity index (χ0n) is 8.27. The largest absolute Gasteiger partial charge is 0.337 e. The maximum absolute atomic E-state index is 10.7. The van der Waals surface area contributed by atoms with Crippen LogP contribution < -0.4 is 0 Å². The highest BCUT2D eigenvalue weighted by molar-refractivity contribution is 6.24. The van der Waals surface area contributed by atoms with Crippen LogP contribution >= 0.6 is 0 Å². The van der Waals surface area contributed by atoms with Gasteiger partial charge in [0.15, 0.2) is 12.1 Å². The Hall–Kier alpha value is -1.45. The quantitative estimate of drug-likeness (QED) is 0.501. The maximum atomic E-state index is 10.7. The molecule has 0 saturated heterocycles. The number of Topliss-reactive ketones (excluding diaryl/α,β-unsaturated/α-hetero) is 1. The number of aromatic nitrogens is 2. The molecule has 1 heterocycles. The van der Waals surface area contributed by atoms with Gasteiger partial charge < -0.3 is 4.57 Å². The molecule has 0 bridgehead atoms. The first-order valence-electron chi connectivity index (χ1n) is 4.75. The van der Waals surface area contributed by atoms with Crippen LogP contribution in [0.5, 0.6) is 0 Å². The van der Waals surface area contributed by atoms with Gasteiger partial charge in [-0.3, -0.25) is 9.59 Å². The van der Waals surface area contributed by atoms with Crippen molar-refractivity contribution >= 4 is 12.1 Å². The minimum atomic E-state index is -0.366. The van der Waals surface area contributed by atoms with Gasteiger partial charge in [-0.05, 0) is 12.8 Å². The minimum absolute atomic E-state index is 0.257. The Balaban J connectivity index is 2.43. The maximum Gasteiger partial charge on any atom is 0.195 e. The molecule has 4 nitrogen and oxygen atoms in total. The summed E-state index contributed by atoms with van der Waals surface area (Å²) in [4.78, 5) is 24.9. The predicted octanol–water partition coefficient (Wildman–Crippen LogP) is 0.994. The van der Waals surface area contributed by atoms with Gasteiger partial charge in [0.2, 0.25) is 0 Å². The van der Waals surface area contributed by atoms with E-state index >= 15 is 0 Å². The van der Waals surface area contributed by atoms with Crippen LogP contribution in [0.25, 0.3) is 0 Å². The van der Waals surface area contributed by atoms with Crippen LogP contribution in [0.4, 0.5) is 0 Å². The minimum Gasteiger partial charge on any atom is -0.337 e. The van der Waals surface area contributed by atoms with E-state index in [1.54, 1.807) is 6.33 Å². The fourth-order valence-electron chi connectivity index (χ4n) is 1.23. The van der Waals surface area contributed by atoms with E-state index in [4.69, 9.17) is 0 Å². The Morgan fingerprint density at radius 2 is 2.43 bits per heavy atom. The molecule has 0 aliphatic carbocycles. The number of hydrogen-bond acceptors (Lipinski definition) is 3. The Morgan fingerprint density at radius 3 is 3.07 bits per heavy atom. The number of imidazole rings is 1. The van der Waals surface area contributed by atoms with E-state index < -0.39 is 0 Å². The zero-order chi connectivity index (χ0) is 10.4. The molecule has 4 heteroatoms. The molecule has 0 saturated carbocycles. The molecule has 0 fully saturated rings. The first-order valence-corrected chi connectivity index (χ1v) is 4.75. The van der Waals surface area contributed by atoms with E-state index in [2.05, 4.69) is 11.9 Å². The number of carbonyl (C=O) groups is 2. The fraction of sp³-hybridized carbons (Fsp3) is 0.500. The summed E-state index contributed by atoms with van der Waals surface area (Å²) in [6, 6.07) is 0. The molecule has 0 aliphatic heterocycles. The average molecular weight is 194 g/mol. The molecule has 1 aromatic rings. The van der Waals surface area contributed by atoms with Gasteiger partial charge in [-0.15, -0.1) is 0 Å². The van der Waals surface area contributed by atoms with Crippen molar-refractivity contribution in [3.8, 4) is 0 Å². The van der Waals surface area contributed by atoms with Crippen LogP contribution in [0.1, 0.15) is 25.5 Å². The van der Waals surface area contributed by atoms with Crippen LogP contribution in [0.15, 0.2) is 12.5 Å². The Kier molecular flexibility index (Phi) is 4.04. The third-order valence-corrected chi connectivity index (χ3v) is 1.93. The summed E-state index contributed by atoms with van der Waals surface area (Å²) in [7, 11) is 0. The smallest absolute Gasteiger partial charge is 0.195 e. The molecule has 0 amide bonds. The highest BCUT2D eigenvalue weighted by Crippen LogP contribution is 2.01. The molecule has 1 aromatic heterocycles. The van der Waals surface area contributed by atoms with E-state index in [0.717, 1.165) is 18.7 Å². The third kappa shape index (κ3) is 3.12. The molecule has 0 aromatic carbocycles. The lowest BCUT2D eigenvalue weighted by molar-refractivity contribution is -0.129. The van der Waals surface area contributed by atoms with E-state index in [1.165, 1.54) is 0 Å². The van der Waals surface area contributed by atoms with Crippen molar-refractivity contribution in [1.29, 1.82) is 0 Å². The van der Waals surface area contributed by atoms with Gasteiger partial charge in [-0.2, -0.15) is 0 Å². The predicted molar refractivity (Wildman–Crippen MR) is 51.9 cm³/mol. The fourth-order valence-corrected chi connectivity index (χ4v) is 1.23. The molecule has 0 radical (unpaired) electrons. The van der Waals surface area contributed by atoms with Crippen LogP contribution in [-0.2, 0) is 22.6 Å². The molecule has 14 heavy (non-hydrogen) atoms. The van der Waals surface area contributed by atoms with Gasteiger partial charge in [-0.1, -0.05) is 6.92 Å². The SMILES string of the molecule is CCCn1cnc(CCC(=O)C=O)c1. The normalized spacial score (nSPS) is 10.1. The number of aryl methyl sites for hydroxylation is 2. The van der Waals surface area contributed by atoms with E-state index in [0.29, 0.717) is 12.7 Å². The molecule has 0 unspecified atom stereocenters.